The summed E-state index contributed by atoms with van der Waals surface area (Å²) in [7, 11) is 0. The third-order valence-electron chi connectivity index (χ3n) is 4.42. The Morgan fingerprint density at radius 2 is 1.71 bits per heavy atom. The van der Waals surface area contributed by atoms with Crippen molar-refractivity contribution in [3.8, 4) is 0 Å². The van der Waals surface area contributed by atoms with Crippen LogP contribution in [0.2, 0.25) is 0 Å². The second-order valence-electron chi connectivity index (χ2n) is 5.52. The maximum atomic E-state index is 6.33. The van der Waals surface area contributed by atoms with Gasteiger partial charge in [0.15, 0.2) is 0 Å². The molecule has 3 rings (SSSR count). The summed E-state index contributed by atoms with van der Waals surface area (Å²) in [5, 5.41) is 0. The van der Waals surface area contributed by atoms with E-state index in [1.807, 2.05) is 0 Å². The summed E-state index contributed by atoms with van der Waals surface area (Å²) < 4.78 is 5.41. The second kappa shape index (κ2) is 4.43. The van der Waals surface area contributed by atoms with Crippen LogP contribution in [-0.4, -0.2) is 13.2 Å². The van der Waals surface area contributed by atoms with Crippen LogP contribution in [0.1, 0.15) is 49.1 Å². The molecule has 2 aliphatic rings. The minimum absolute atomic E-state index is 0.0196. The fourth-order valence-corrected chi connectivity index (χ4v) is 2.96. The van der Waals surface area contributed by atoms with Gasteiger partial charge in [-0.1, -0.05) is 24.3 Å². The zero-order valence-electron chi connectivity index (χ0n) is 10.3. The molecule has 2 nitrogen and oxygen atoms in total. The predicted octanol–water partition coefficient (Wildman–Crippen LogP) is 2.92. The van der Waals surface area contributed by atoms with Gasteiger partial charge in [-0.15, -0.1) is 0 Å². The summed E-state index contributed by atoms with van der Waals surface area (Å²) in [6, 6.07) is 9.03. The van der Waals surface area contributed by atoms with Crippen LogP contribution in [0.25, 0.3) is 0 Å². The Bertz CT molecular complexity index is 374. The Morgan fingerprint density at radius 3 is 2.24 bits per heavy atom. The van der Waals surface area contributed by atoms with Crippen molar-refractivity contribution in [1.82, 2.24) is 0 Å². The van der Waals surface area contributed by atoms with Crippen molar-refractivity contribution >= 4 is 0 Å². The van der Waals surface area contributed by atoms with Gasteiger partial charge < -0.3 is 10.5 Å². The van der Waals surface area contributed by atoms with Crippen molar-refractivity contribution in [2.45, 2.75) is 43.6 Å². The van der Waals surface area contributed by atoms with Crippen LogP contribution in [0.15, 0.2) is 24.3 Å². The number of ether oxygens (including phenoxy) is 1. The molecule has 1 heterocycles. The average Bonchev–Trinajstić information content (AvgIpc) is 2.37. The van der Waals surface area contributed by atoms with Crippen LogP contribution >= 0.6 is 0 Å². The topological polar surface area (TPSA) is 35.2 Å². The lowest BCUT2D eigenvalue weighted by molar-refractivity contribution is 0.0853. The lowest BCUT2D eigenvalue weighted by Crippen LogP contribution is -2.43. The number of hydrogen-bond acceptors (Lipinski definition) is 2. The zero-order valence-corrected chi connectivity index (χ0v) is 10.3. The first-order valence-electron chi connectivity index (χ1n) is 6.75. The summed E-state index contributed by atoms with van der Waals surface area (Å²) in [6.45, 7) is 1.82. The molecule has 92 valence electrons. The molecule has 17 heavy (non-hydrogen) atoms. The van der Waals surface area contributed by atoms with Gasteiger partial charge in [-0.05, 0) is 49.1 Å². The molecule has 2 heteroatoms. The molecule has 0 radical (unpaired) electrons. The highest BCUT2D eigenvalue weighted by Crippen LogP contribution is 2.39. The highest BCUT2D eigenvalue weighted by molar-refractivity contribution is 5.31. The smallest absolute Gasteiger partial charge is 0.0471 e. The van der Waals surface area contributed by atoms with Crippen LogP contribution in [0.4, 0.5) is 0 Å². The van der Waals surface area contributed by atoms with Gasteiger partial charge in [0.2, 0.25) is 0 Å². The van der Waals surface area contributed by atoms with Crippen molar-refractivity contribution in [1.29, 1.82) is 0 Å². The Kier molecular flexibility index (Phi) is 2.93. The first-order chi connectivity index (χ1) is 8.28. The number of benzene rings is 1. The predicted molar refractivity (Wildman–Crippen MR) is 69.0 cm³/mol. The van der Waals surface area contributed by atoms with Gasteiger partial charge in [0, 0.05) is 18.8 Å². The van der Waals surface area contributed by atoms with Crippen molar-refractivity contribution in [3.63, 3.8) is 0 Å². The average molecular weight is 231 g/mol. The molecule has 0 unspecified atom stereocenters. The molecule has 0 bridgehead atoms. The van der Waals surface area contributed by atoms with Gasteiger partial charge in [0.1, 0.15) is 0 Å². The first kappa shape index (κ1) is 11.2. The normalized spacial score (nSPS) is 24.3. The van der Waals surface area contributed by atoms with Crippen LogP contribution in [0.3, 0.4) is 0 Å². The Hall–Kier alpha value is -0.860. The minimum Gasteiger partial charge on any atom is -0.381 e. The van der Waals surface area contributed by atoms with E-state index in [9.17, 15) is 0 Å². The molecule has 0 spiro atoms. The Morgan fingerprint density at radius 1 is 1.06 bits per heavy atom. The fourth-order valence-electron chi connectivity index (χ4n) is 2.96. The van der Waals surface area contributed by atoms with Crippen LogP contribution in [-0.2, 0) is 10.3 Å². The zero-order chi connectivity index (χ0) is 11.7. The lowest BCUT2D eigenvalue weighted by atomic mass is 9.72. The van der Waals surface area contributed by atoms with Crippen LogP contribution < -0.4 is 5.73 Å². The maximum Gasteiger partial charge on any atom is 0.0471 e. The number of nitrogens with two attached hydrogens (primary N) is 1. The summed E-state index contributed by atoms with van der Waals surface area (Å²) in [4.78, 5) is 0. The monoisotopic (exact) mass is 231 g/mol. The second-order valence-corrected chi connectivity index (χ2v) is 5.52. The van der Waals surface area contributed by atoms with Crippen molar-refractivity contribution in [3.05, 3.63) is 35.4 Å². The van der Waals surface area contributed by atoms with E-state index in [1.165, 1.54) is 17.5 Å². The van der Waals surface area contributed by atoms with Crippen LogP contribution in [0, 0.1) is 0 Å². The molecule has 1 aliphatic carbocycles. The van der Waals surface area contributed by atoms with E-state index in [0.29, 0.717) is 5.92 Å². The van der Waals surface area contributed by atoms with E-state index in [-0.39, 0.29) is 5.54 Å². The van der Waals surface area contributed by atoms with Crippen molar-refractivity contribution < 1.29 is 4.74 Å². The molecule has 2 fully saturated rings. The van der Waals surface area contributed by atoms with E-state index in [1.54, 1.807) is 0 Å². The van der Waals surface area contributed by atoms with Crippen LogP contribution in [0.5, 0.6) is 0 Å². The molecule has 2 N–H and O–H groups in total. The van der Waals surface area contributed by atoms with E-state index < -0.39 is 0 Å². The lowest BCUT2D eigenvalue weighted by Gasteiger charge is -2.38. The van der Waals surface area contributed by atoms with Crippen molar-refractivity contribution in [2.75, 3.05) is 13.2 Å². The molecule has 0 amide bonds. The third kappa shape index (κ3) is 2.12. The van der Waals surface area contributed by atoms with Gasteiger partial charge in [0.05, 0.1) is 0 Å². The maximum absolute atomic E-state index is 6.33. The number of hydrogen-bond donors (Lipinski definition) is 1. The van der Waals surface area contributed by atoms with Gasteiger partial charge in [-0.3, -0.25) is 0 Å². The summed E-state index contributed by atoms with van der Waals surface area (Å²) in [5.41, 5.74) is 9.09. The molecule has 0 aromatic heterocycles. The standard InChI is InChI=1S/C15H21NO/c16-15(8-1-9-15)14-4-2-12(3-5-14)13-6-10-17-11-7-13/h2-5,13H,1,6-11,16H2. The highest BCUT2D eigenvalue weighted by Gasteiger charge is 2.34. The minimum atomic E-state index is -0.0196. The van der Waals surface area contributed by atoms with E-state index in [2.05, 4.69) is 24.3 Å². The molecule has 1 aliphatic heterocycles. The molecule has 1 saturated heterocycles. The van der Waals surface area contributed by atoms with E-state index in [0.717, 1.165) is 38.9 Å². The first-order valence-corrected chi connectivity index (χ1v) is 6.75. The van der Waals surface area contributed by atoms with E-state index in [4.69, 9.17) is 10.5 Å². The Labute approximate surface area is 103 Å². The van der Waals surface area contributed by atoms with Gasteiger partial charge in [0.25, 0.3) is 0 Å². The van der Waals surface area contributed by atoms with E-state index >= 15 is 0 Å². The Balaban J connectivity index is 1.75. The summed E-state index contributed by atoms with van der Waals surface area (Å²) in [5.74, 6) is 0.688. The summed E-state index contributed by atoms with van der Waals surface area (Å²) in [6.07, 6.45) is 5.88. The fraction of sp³-hybridized carbons (Fsp3) is 0.600. The molecule has 0 atom stereocenters. The highest BCUT2D eigenvalue weighted by atomic mass is 16.5. The molecular weight excluding hydrogens is 210 g/mol. The molecule has 1 aromatic rings. The summed E-state index contributed by atoms with van der Waals surface area (Å²) >= 11 is 0. The SMILES string of the molecule is NC1(c2ccc(C3CCOCC3)cc2)CCC1. The molecular formula is C15H21NO. The number of rotatable bonds is 2. The molecule has 1 saturated carbocycles. The quantitative estimate of drug-likeness (QED) is 0.849. The van der Waals surface area contributed by atoms with Gasteiger partial charge in [-0.25, -0.2) is 0 Å². The van der Waals surface area contributed by atoms with Crippen molar-refractivity contribution in [2.24, 2.45) is 5.73 Å². The van der Waals surface area contributed by atoms with Gasteiger partial charge in [-0.2, -0.15) is 0 Å². The van der Waals surface area contributed by atoms with Gasteiger partial charge >= 0.3 is 0 Å². The molecule has 1 aromatic carbocycles. The third-order valence-corrected chi connectivity index (χ3v) is 4.42. The largest absolute Gasteiger partial charge is 0.381 e.